The van der Waals surface area contributed by atoms with E-state index in [4.69, 9.17) is 11.6 Å². The highest BCUT2D eigenvalue weighted by molar-refractivity contribution is 6.31. The largest absolute Gasteiger partial charge is 0.299 e. The fourth-order valence-corrected chi connectivity index (χ4v) is 1.31. The van der Waals surface area contributed by atoms with E-state index in [9.17, 15) is 4.79 Å². The van der Waals surface area contributed by atoms with E-state index in [-0.39, 0.29) is 5.78 Å². The molecule has 1 heterocycles. The maximum atomic E-state index is 11.3. The van der Waals surface area contributed by atoms with Crippen molar-refractivity contribution in [2.45, 2.75) is 26.2 Å². The van der Waals surface area contributed by atoms with Crippen molar-refractivity contribution >= 4 is 17.4 Å². The third kappa shape index (κ3) is 3.15. The van der Waals surface area contributed by atoms with E-state index >= 15 is 0 Å². The van der Waals surface area contributed by atoms with Gasteiger partial charge in [0.1, 0.15) is 5.78 Å². The van der Waals surface area contributed by atoms with Crippen LogP contribution in [0.2, 0.25) is 5.02 Å². The Labute approximate surface area is 82.9 Å². The molecular formula is C10H12ClNO. The van der Waals surface area contributed by atoms with Crippen LogP contribution in [0.4, 0.5) is 0 Å². The molecule has 1 aromatic heterocycles. The Balaban J connectivity index is 2.63. The second kappa shape index (κ2) is 4.97. The number of hydrogen-bond donors (Lipinski definition) is 0. The molecule has 0 aliphatic rings. The first-order valence-electron chi connectivity index (χ1n) is 4.34. The van der Waals surface area contributed by atoms with Crippen molar-refractivity contribution in [1.29, 1.82) is 0 Å². The molecule has 0 saturated heterocycles. The van der Waals surface area contributed by atoms with E-state index in [0.717, 1.165) is 12.0 Å². The molecule has 1 rings (SSSR count). The number of ketones is 1. The van der Waals surface area contributed by atoms with E-state index in [1.165, 1.54) is 0 Å². The van der Waals surface area contributed by atoms with Crippen molar-refractivity contribution in [3.8, 4) is 0 Å². The predicted molar refractivity (Wildman–Crippen MR) is 52.9 cm³/mol. The van der Waals surface area contributed by atoms with Gasteiger partial charge in [-0.3, -0.25) is 9.78 Å². The summed E-state index contributed by atoms with van der Waals surface area (Å²) in [6.07, 6.45) is 5.16. The topological polar surface area (TPSA) is 30.0 Å². The van der Waals surface area contributed by atoms with Crippen LogP contribution in [0, 0.1) is 0 Å². The van der Waals surface area contributed by atoms with Gasteiger partial charge < -0.3 is 0 Å². The van der Waals surface area contributed by atoms with E-state index < -0.39 is 0 Å². The molecule has 0 aromatic carbocycles. The van der Waals surface area contributed by atoms with Gasteiger partial charge in [0.15, 0.2) is 0 Å². The standard InChI is InChI=1S/C10H12ClNO/c1-2-3-9(13)6-8-4-5-12-7-10(8)11/h4-5,7H,2-3,6H2,1H3. The lowest BCUT2D eigenvalue weighted by Crippen LogP contribution is -2.02. The second-order valence-corrected chi connectivity index (χ2v) is 3.34. The van der Waals surface area contributed by atoms with Crippen molar-refractivity contribution in [3.05, 3.63) is 29.0 Å². The fraction of sp³-hybridized carbons (Fsp3) is 0.400. The lowest BCUT2D eigenvalue weighted by atomic mass is 10.1. The van der Waals surface area contributed by atoms with Gasteiger partial charge in [0.2, 0.25) is 0 Å². The zero-order valence-electron chi connectivity index (χ0n) is 7.59. The van der Waals surface area contributed by atoms with Gasteiger partial charge in [-0.25, -0.2) is 0 Å². The van der Waals surface area contributed by atoms with Crippen LogP contribution in [0.15, 0.2) is 18.5 Å². The Morgan fingerprint density at radius 2 is 2.38 bits per heavy atom. The summed E-state index contributed by atoms with van der Waals surface area (Å²) in [7, 11) is 0. The smallest absolute Gasteiger partial charge is 0.137 e. The molecule has 0 unspecified atom stereocenters. The van der Waals surface area contributed by atoms with E-state index in [1.807, 2.05) is 6.92 Å². The first kappa shape index (κ1) is 10.2. The molecule has 0 N–H and O–H groups in total. The predicted octanol–water partition coefficient (Wildman–Crippen LogP) is 2.65. The third-order valence-electron chi connectivity index (χ3n) is 1.77. The van der Waals surface area contributed by atoms with Crippen molar-refractivity contribution in [2.24, 2.45) is 0 Å². The summed E-state index contributed by atoms with van der Waals surface area (Å²) in [5.74, 6) is 0.232. The van der Waals surface area contributed by atoms with Gasteiger partial charge in [0, 0.05) is 25.2 Å². The van der Waals surface area contributed by atoms with Gasteiger partial charge in [0.05, 0.1) is 5.02 Å². The van der Waals surface area contributed by atoms with Crippen molar-refractivity contribution in [2.75, 3.05) is 0 Å². The van der Waals surface area contributed by atoms with Crippen LogP contribution in [0.1, 0.15) is 25.3 Å². The average molecular weight is 198 g/mol. The molecule has 0 bridgehead atoms. The number of Topliss-reactive ketones (excluding diaryl/α,β-unsaturated/α-hetero) is 1. The molecule has 0 fully saturated rings. The highest BCUT2D eigenvalue weighted by Crippen LogP contribution is 2.14. The second-order valence-electron chi connectivity index (χ2n) is 2.93. The highest BCUT2D eigenvalue weighted by atomic mass is 35.5. The van der Waals surface area contributed by atoms with Crippen molar-refractivity contribution < 1.29 is 4.79 Å². The lowest BCUT2D eigenvalue weighted by Gasteiger charge is -2.01. The number of nitrogens with zero attached hydrogens (tertiary/aromatic N) is 1. The van der Waals surface area contributed by atoms with Gasteiger partial charge in [-0.15, -0.1) is 0 Å². The molecular weight excluding hydrogens is 186 g/mol. The quantitative estimate of drug-likeness (QED) is 0.743. The molecule has 70 valence electrons. The minimum Gasteiger partial charge on any atom is -0.299 e. The zero-order chi connectivity index (χ0) is 9.68. The van der Waals surface area contributed by atoms with Gasteiger partial charge in [-0.05, 0) is 18.1 Å². The van der Waals surface area contributed by atoms with E-state index in [1.54, 1.807) is 18.5 Å². The molecule has 0 radical (unpaired) electrons. The van der Waals surface area contributed by atoms with Gasteiger partial charge >= 0.3 is 0 Å². The Morgan fingerprint density at radius 1 is 1.62 bits per heavy atom. The number of halogens is 1. The minimum atomic E-state index is 0.232. The Kier molecular flexibility index (Phi) is 3.90. The van der Waals surface area contributed by atoms with Crippen LogP contribution in [-0.2, 0) is 11.2 Å². The number of hydrogen-bond acceptors (Lipinski definition) is 2. The molecule has 0 spiro atoms. The first-order valence-corrected chi connectivity index (χ1v) is 4.72. The monoisotopic (exact) mass is 197 g/mol. The number of rotatable bonds is 4. The Hall–Kier alpha value is -0.890. The molecule has 0 aliphatic carbocycles. The van der Waals surface area contributed by atoms with Crippen LogP contribution < -0.4 is 0 Å². The summed E-state index contributed by atoms with van der Waals surface area (Å²) in [5.41, 5.74) is 0.870. The molecule has 2 nitrogen and oxygen atoms in total. The van der Waals surface area contributed by atoms with Crippen LogP contribution in [-0.4, -0.2) is 10.8 Å². The maximum absolute atomic E-state index is 11.3. The van der Waals surface area contributed by atoms with Crippen LogP contribution in [0.3, 0.4) is 0 Å². The molecule has 13 heavy (non-hydrogen) atoms. The Morgan fingerprint density at radius 3 is 3.00 bits per heavy atom. The van der Waals surface area contributed by atoms with Crippen LogP contribution in [0.5, 0.6) is 0 Å². The van der Waals surface area contributed by atoms with Crippen molar-refractivity contribution in [1.82, 2.24) is 4.98 Å². The average Bonchev–Trinajstić information content (AvgIpc) is 2.09. The first-order chi connectivity index (χ1) is 6.24. The summed E-state index contributed by atoms with van der Waals surface area (Å²) >= 11 is 5.85. The molecule has 3 heteroatoms. The molecule has 1 aromatic rings. The summed E-state index contributed by atoms with van der Waals surface area (Å²) in [6.45, 7) is 1.99. The Bertz CT molecular complexity index is 299. The SMILES string of the molecule is CCCC(=O)Cc1ccncc1Cl. The number of carbonyl (C=O) groups excluding carboxylic acids is 1. The summed E-state index contributed by atoms with van der Waals surface area (Å²) in [5, 5.41) is 0.576. The number of aromatic nitrogens is 1. The highest BCUT2D eigenvalue weighted by Gasteiger charge is 2.05. The maximum Gasteiger partial charge on any atom is 0.137 e. The zero-order valence-corrected chi connectivity index (χ0v) is 8.34. The molecule has 0 aliphatic heterocycles. The fourth-order valence-electron chi connectivity index (χ4n) is 1.13. The molecule has 0 atom stereocenters. The van der Waals surface area contributed by atoms with Gasteiger partial charge in [0.25, 0.3) is 0 Å². The summed E-state index contributed by atoms with van der Waals surface area (Å²) in [4.78, 5) is 15.1. The summed E-state index contributed by atoms with van der Waals surface area (Å²) in [6, 6.07) is 1.79. The van der Waals surface area contributed by atoms with Crippen LogP contribution >= 0.6 is 11.6 Å². The summed E-state index contributed by atoms with van der Waals surface area (Å²) < 4.78 is 0. The number of pyridine rings is 1. The van der Waals surface area contributed by atoms with E-state index in [0.29, 0.717) is 17.9 Å². The molecule has 0 saturated carbocycles. The third-order valence-corrected chi connectivity index (χ3v) is 2.11. The van der Waals surface area contributed by atoms with Crippen molar-refractivity contribution in [3.63, 3.8) is 0 Å². The van der Waals surface area contributed by atoms with E-state index in [2.05, 4.69) is 4.98 Å². The minimum absolute atomic E-state index is 0.232. The van der Waals surface area contributed by atoms with Crippen LogP contribution in [0.25, 0.3) is 0 Å². The lowest BCUT2D eigenvalue weighted by molar-refractivity contribution is -0.118. The number of carbonyl (C=O) groups is 1. The molecule has 0 amide bonds. The normalized spacial score (nSPS) is 10.0. The van der Waals surface area contributed by atoms with Gasteiger partial charge in [-0.1, -0.05) is 18.5 Å². The van der Waals surface area contributed by atoms with Gasteiger partial charge in [-0.2, -0.15) is 0 Å².